The summed E-state index contributed by atoms with van der Waals surface area (Å²) < 4.78 is 20.1. The molecule has 3 aromatic carbocycles. The van der Waals surface area contributed by atoms with E-state index in [1.807, 2.05) is 12.1 Å². The maximum atomic E-state index is 13.0. The molecule has 146 valence electrons. The highest BCUT2D eigenvalue weighted by molar-refractivity contribution is 5.91. The minimum atomic E-state index is -0.335. The lowest BCUT2D eigenvalue weighted by molar-refractivity contribution is -0.116. The smallest absolute Gasteiger partial charge is 0.326 e. The third-order valence-corrected chi connectivity index (χ3v) is 4.42. The van der Waals surface area contributed by atoms with Gasteiger partial charge in [0.15, 0.2) is 0 Å². The second-order valence-electron chi connectivity index (χ2n) is 6.52. The number of hydrogen-bond donors (Lipinski definition) is 2. The van der Waals surface area contributed by atoms with Crippen molar-refractivity contribution < 1.29 is 13.9 Å². The van der Waals surface area contributed by atoms with Crippen molar-refractivity contribution in [3.05, 3.63) is 94.7 Å². The Labute approximate surface area is 165 Å². The second kappa shape index (κ2) is 8.02. The van der Waals surface area contributed by atoms with Gasteiger partial charge in [0.25, 0.3) is 0 Å². The number of carbonyl (C=O) groups excluding carboxylic acids is 1. The normalized spacial score (nSPS) is 10.8. The number of aromatic nitrogens is 2. The lowest BCUT2D eigenvalue weighted by Gasteiger charge is -2.10. The van der Waals surface area contributed by atoms with Gasteiger partial charge in [-0.25, -0.2) is 9.18 Å². The standard InChI is InChI=1S/C22H18FN3O3/c23-16-10-8-15(9-11-16)14-29-18-5-3-4-17(12-18)24-21(27)13-26-20-7-2-1-6-19(20)25-22(26)28/h1-12H,13-14H2,(H,24,27)(H,25,28). The quantitative estimate of drug-likeness (QED) is 0.526. The van der Waals surface area contributed by atoms with Crippen molar-refractivity contribution in [2.45, 2.75) is 13.2 Å². The molecule has 0 bridgehead atoms. The molecule has 4 rings (SSSR count). The minimum Gasteiger partial charge on any atom is -0.489 e. The van der Waals surface area contributed by atoms with Crippen molar-refractivity contribution in [3.8, 4) is 5.75 Å². The van der Waals surface area contributed by atoms with E-state index in [0.29, 0.717) is 22.5 Å². The first-order chi connectivity index (χ1) is 14.1. The van der Waals surface area contributed by atoms with Crippen LogP contribution in [0.4, 0.5) is 10.1 Å². The summed E-state index contributed by atoms with van der Waals surface area (Å²) in [6.45, 7) is 0.173. The number of hydrogen-bond acceptors (Lipinski definition) is 3. The lowest BCUT2D eigenvalue weighted by atomic mass is 10.2. The van der Waals surface area contributed by atoms with Gasteiger partial charge < -0.3 is 15.0 Å². The van der Waals surface area contributed by atoms with E-state index in [4.69, 9.17) is 4.74 Å². The molecule has 1 heterocycles. The number of benzene rings is 3. The number of nitrogens with one attached hydrogen (secondary N) is 2. The summed E-state index contributed by atoms with van der Waals surface area (Å²) in [5.41, 5.74) is 2.40. The molecule has 0 unspecified atom stereocenters. The van der Waals surface area contributed by atoms with E-state index < -0.39 is 0 Å². The molecule has 0 atom stereocenters. The molecular weight excluding hydrogens is 373 g/mol. The number of ether oxygens (including phenoxy) is 1. The number of halogens is 1. The summed E-state index contributed by atoms with van der Waals surface area (Å²) in [4.78, 5) is 27.3. The molecule has 4 aromatic rings. The zero-order valence-electron chi connectivity index (χ0n) is 15.4. The van der Waals surface area contributed by atoms with Crippen molar-refractivity contribution in [3.63, 3.8) is 0 Å². The number of aromatic amines is 1. The molecule has 0 spiro atoms. The van der Waals surface area contributed by atoms with E-state index in [0.717, 1.165) is 5.56 Å². The number of rotatable bonds is 6. The van der Waals surface area contributed by atoms with Gasteiger partial charge in [-0.05, 0) is 42.0 Å². The fourth-order valence-corrected chi connectivity index (χ4v) is 3.02. The van der Waals surface area contributed by atoms with E-state index in [1.165, 1.54) is 16.7 Å². The van der Waals surface area contributed by atoms with Gasteiger partial charge in [0.05, 0.1) is 11.0 Å². The van der Waals surface area contributed by atoms with E-state index in [9.17, 15) is 14.0 Å². The first kappa shape index (κ1) is 18.5. The van der Waals surface area contributed by atoms with Crippen LogP contribution in [0.25, 0.3) is 11.0 Å². The number of fused-ring (bicyclic) bond motifs is 1. The van der Waals surface area contributed by atoms with E-state index in [2.05, 4.69) is 10.3 Å². The Morgan fingerprint density at radius 1 is 1.03 bits per heavy atom. The molecule has 0 saturated heterocycles. The molecule has 0 radical (unpaired) electrons. The Hall–Kier alpha value is -3.87. The number of carbonyl (C=O) groups is 1. The van der Waals surface area contributed by atoms with Crippen molar-refractivity contribution in [2.75, 3.05) is 5.32 Å². The van der Waals surface area contributed by atoms with Gasteiger partial charge in [-0.2, -0.15) is 0 Å². The highest BCUT2D eigenvalue weighted by Gasteiger charge is 2.11. The molecule has 0 saturated carbocycles. The fourth-order valence-electron chi connectivity index (χ4n) is 3.02. The molecular formula is C22H18FN3O3. The maximum Gasteiger partial charge on any atom is 0.326 e. The van der Waals surface area contributed by atoms with Gasteiger partial charge in [-0.15, -0.1) is 0 Å². The van der Waals surface area contributed by atoms with Gasteiger partial charge in [-0.3, -0.25) is 9.36 Å². The summed E-state index contributed by atoms with van der Waals surface area (Å²) in [6, 6.07) is 20.2. The highest BCUT2D eigenvalue weighted by atomic mass is 19.1. The van der Waals surface area contributed by atoms with Crippen molar-refractivity contribution in [2.24, 2.45) is 0 Å². The van der Waals surface area contributed by atoms with Crippen LogP contribution in [-0.2, 0) is 17.9 Å². The molecule has 7 heteroatoms. The summed E-state index contributed by atoms with van der Waals surface area (Å²) in [7, 11) is 0. The molecule has 1 amide bonds. The van der Waals surface area contributed by atoms with E-state index in [1.54, 1.807) is 48.5 Å². The molecule has 29 heavy (non-hydrogen) atoms. The molecule has 2 N–H and O–H groups in total. The maximum absolute atomic E-state index is 13.0. The molecule has 0 fully saturated rings. The summed E-state index contributed by atoms with van der Waals surface area (Å²) in [5.74, 6) is -0.0586. The van der Waals surface area contributed by atoms with Crippen LogP contribution in [0.1, 0.15) is 5.56 Å². The van der Waals surface area contributed by atoms with Gasteiger partial charge in [0.2, 0.25) is 5.91 Å². The number of para-hydroxylation sites is 2. The van der Waals surface area contributed by atoms with Crippen LogP contribution in [0.2, 0.25) is 0 Å². The van der Waals surface area contributed by atoms with Gasteiger partial charge >= 0.3 is 5.69 Å². The van der Waals surface area contributed by atoms with Crippen LogP contribution < -0.4 is 15.7 Å². The lowest BCUT2D eigenvalue weighted by Crippen LogP contribution is -2.25. The first-order valence-electron chi connectivity index (χ1n) is 9.03. The Balaban J connectivity index is 1.42. The summed E-state index contributed by atoms with van der Waals surface area (Å²) in [5, 5.41) is 2.78. The van der Waals surface area contributed by atoms with Crippen LogP contribution in [0, 0.1) is 5.82 Å². The molecule has 6 nitrogen and oxygen atoms in total. The van der Waals surface area contributed by atoms with Crippen LogP contribution >= 0.6 is 0 Å². The van der Waals surface area contributed by atoms with Crippen molar-refractivity contribution in [1.29, 1.82) is 0 Å². The highest BCUT2D eigenvalue weighted by Crippen LogP contribution is 2.19. The predicted molar refractivity (Wildman–Crippen MR) is 108 cm³/mol. The Morgan fingerprint density at radius 3 is 2.66 bits per heavy atom. The van der Waals surface area contributed by atoms with Crippen LogP contribution in [0.5, 0.6) is 5.75 Å². The van der Waals surface area contributed by atoms with E-state index in [-0.39, 0.29) is 30.6 Å². The zero-order chi connectivity index (χ0) is 20.2. The minimum absolute atomic E-state index is 0.108. The Morgan fingerprint density at radius 2 is 1.83 bits per heavy atom. The van der Waals surface area contributed by atoms with Crippen molar-refractivity contribution in [1.82, 2.24) is 9.55 Å². The fraction of sp³-hybridized carbons (Fsp3) is 0.0909. The van der Waals surface area contributed by atoms with Gasteiger partial charge in [0, 0.05) is 11.8 Å². The molecule has 0 aliphatic heterocycles. The molecule has 1 aromatic heterocycles. The molecule has 0 aliphatic carbocycles. The summed E-state index contributed by atoms with van der Waals surface area (Å²) in [6.07, 6.45) is 0. The number of imidazole rings is 1. The summed E-state index contributed by atoms with van der Waals surface area (Å²) >= 11 is 0. The number of amides is 1. The number of H-pyrrole nitrogens is 1. The molecule has 0 aliphatic rings. The van der Waals surface area contributed by atoms with Gasteiger partial charge in [0.1, 0.15) is 24.7 Å². The topological polar surface area (TPSA) is 76.1 Å². The van der Waals surface area contributed by atoms with Crippen LogP contribution in [-0.4, -0.2) is 15.5 Å². The average molecular weight is 391 g/mol. The zero-order valence-corrected chi connectivity index (χ0v) is 15.4. The average Bonchev–Trinajstić information content (AvgIpc) is 3.03. The Kier molecular flexibility index (Phi) is 5.11. The third-order valence-electron chi connectivity index (χ3n) is 4.42. The van der Waals surface area contributed by atoms with Crippen molar-refractivity contribution >= 4 is 22.6 Å². The SMILES string of the molecule is O=C(Cn1c(=O)[nH]c2ccccc21)Nc1cccc(OCc2ccc(F)cc2)c1. The number of nitrogens with zero attached hydrogens (tertiary/aromatic N) is 1. The van der Waals surface area contributed by atoms with Crippen LogP contribution in [0.3, 0.4) is 0 Å². The predicted octanol–water partition coefficient (Wildman–Crippen LogP) is 3.69. The Bertz CT molecular complexity index is 1210. The monoisotopic (exact) mass is 391 g/mol. The van der Waals surface area contributed by atoms with Gasteiger partial charge in [-0.1, -0.05) is 30.3 Å². The largest absolute Gasteiger partial charge is 0.489 e. The number of anilines is 1. The second-order valence-corrected chi connectivity index (χ2v) is 6.52. The van der Waals surface area contributed by atoms with Crippen LogP contribution in [0.15, 0.2) is 77.6 Å². The van der Waals surface area contributed by atoms with E-state index >= 15 is 0 Å². The third kappa shape index (κ3) is 4.35. The first-order valence-corrected chi connectivity index (χ1v) is 9.03.